The molecule has 0 aromatic carbocycles. The fraction of sp³-hybridized carbons (Fsp3) is 0.333. The minimum absolute atomic E-state index is 0.273. The molecular formula is C6H7NO2. The van der Waals surface area contributed by atoms with E-state index < -0.39 is 0 Å². The molecular weight excluding hydrogens is 118 g/mol. The van der Waals surface area contributed by atoms with Crippen molar-refractivity contribution in [3.05, 3.63) is 23.2 Å². The molecule has 0 saturated heterocycles. The number of allylic oxidation sites excluding steroid dienone is 1. The second kappa shape index (κ2) is 1.51. The van der Waals surface area contributed by atoms with Crippen molar-refractivity contribution >= 4 is 0 Å². The Hall–Kier alpha value is -0.960. The van der Waals surface area contributed by atoms with Crippen LogP contribution in [0.3, 0.4) is 0 Å². The summed E-state index contributed by atoms with van der Waals surface area (Å²) in [6.07, 6.45) is 2.58. The third-order valence-corrected chi connectivity index (χ3v) is 1.56. The van der Waals surface area contributed by atoms with E-state index >= 15 is 0 Å². The van der Waals surface area contributed by atoms with Crippen LogP contribution < -0.4 is 5.48 Å². The van der Waals surface area contributed by atoms with Crippen LogP contribution in [0.5, 0.6) is 0 Å². The molecule has 3 heteroatoms. The van der Waals surface area contributed by atoms with Crippen molar-refractivity contribution in [2.75, 3.05) is 6.54 Å². The summed E-state index contributed by atoms with van der Waals surface area (Å²) in [4.78, 5) is 4.90. The van der Waals surface area contributed by atoms with Crippen LogP contribution in [0.25, 0.3) is 0 Å². The second-order valence-electron chi connectivity index (χ2n) is 2.15. The maximum absolute atomic E-state index is 9.04. The molecule has 0 atom stereocenters. The quantitative estimate of drug-likeness (QED) is 0.498. The molecule has 2 N–H and O–H groups in total. The molecule has 0 unspecified atom stereocenters. The number of aliphatic hydroxyl groups is 1. The van der Waals surface area contributed by atoms with Crippen LogP contribution in [0.2, 0.25) is 0 Å². The summed E-state index contributed by atoms with van der Waals surface area (Å²) < 4.78 is 0. The van der Waals surface area contributed by atoms with E-state index in [9.17, 15) is 0 Å². The van der Waals surface area contributed by atoms with Gasteiger partial charge in [-0.05, 0) is 18.1 Å². The van der Waals surface area contributed by atoms with E-state index in [0.29, 0.717) is 5.76 Å². The van der Waals surface area contributed by atoms with Crippen molar-refractivity contribution in [3.8, 4) is 0 Å². The highest BCUT2D eigenvalue weighted by molar-refractivity contribution is 5.36. The van der Waals surface area contributed by atoms with Crippen molar-refractivity contribution in [1.29, 1.82) is 0 Å². The van der Waals surface area contributed by atoms with Crippen molar-refractivity contribution in [2.24, 2.45) is 0 Å². The zero-order valence-electron chi connectivity index (χ0n) is 4.85. The standard InChI is InChI=1S/C6H7NO2/c8-5-2-1-4-3-7-9-6(4)5/h2,7-8H,1,3H2. The number of hydroxylamine groups is 1. The fourth-order valence-electron chi connectivity index (χ4n) is 1.06. The summed E-state index contributed by atoms with van der Waals surface area (Å²) in [5, 5.41) is 9.04. The summed E-state index contributed by atoms with van der Waals surface area (Å²) in [6, 6.07) is 0. The van der Waals surface area contributed by atoms with Crippen LogP contribution in [0.15, 0.2) is 23.2 Å². The first-order valence-electron chi connectivity index (χ1n) is 2.89. The summed E-state index contributed by atoms with van der Waals surface area (Å²) >= 11 is 0. The Bertz CT molecular complexity index is 205. The number of aliphatic hydroxyl groups excluding tert-OH is 1. The Morgan fingerprint density at radius 1 is 1.67 bits per heavy atom. The van der Waals surface area contributed by atoms with Crippen LogP contribution in [0.1, 0.15) is 6.42 Å². The van der Waals surface area contributed by atoms with Crippen molar-refractivity contribution in [2.45, 2.75) is 6.42 Å². The maximum atomic E-state index is 9.04. The first-order valence-corrected chi connectivity index (χ1v) is 2.89. The molecule has 0 radical (unpaired) electrons. The minimum Gasteiger partial charge on any atom is -0.504 e. The van der Waals surface area contributed by atoms with Gasteiger partial charge in [0, 0.05) is 0 Å². The van der Waals surface area contributed by atoms with Crippen LogP contribution in [0.4, 0.5) is 0 Å². The number of rotatable bonds is 0. The Kier molecular flexibility index (Phi) is 0.818. The number of hydrogen-bond donors (Lipinski definition) is 2. The Balaban J connectivity index is 2.35. The van der Waals surface area contributed by atoms with Gasteiger partial charge in [0.1, 0.15) is 0 Å². The van der Waals surface area contributed by atoms with Crippen molar-refractivity contribution < 1.29 is 9.94 Å². The topological polar surface area (TPSA) is 41.5 Å². The zero-order valence-corrected chi connectivity index (χ0v) is 4.85. The molecule has 9 heavy (non-hydrogen) atoms. The lowest BCUT2D eigenvalue weighted by atomic mass is 10.2. The average Bonchev–Trinajstić information content (AvgIpc) is 2.35. The highest BCUT2D eigenvalue weighted by Crippen LogP contribution is 2.27. The van der Waals surface area contributed by atoms with Crippen molar-refractivity contribution in [1.82, 2.24) is 5.48 Å². The molecule has 2 rings (SSSR count). The lowest BCUT2D eigenvalue weighted by Crippen LogP contribution is -2.07. The van der Waals surface area contributed by atoms with E-state index in [2.05, 4.69) is 5.48 Å². The maximum Gasteiger partial charge on any atom is 0.189 e. The lowest BCUT2D eigenvalue weighted by Gasteiger charge is -1.97. The smallest absolute Gasteiger partial charge is 0.189 e. The molecule has 1 heterocycles. The highest BCUT2D eigenvalue weighted by atomic mass is 16.7. The van der Waals surface area contributed by atoms with E-state index in [1.807, 2.05) is 0 Å². The number of hydrogen-bond acceptors (Lipinski definition) is 3. The zero-order chi connectivity index (χ0) is 6.27. The van der Waals surface area contributed by atoms with Gasteiger partial charge in [0.15, 0.2) is 11.5 Å². The van der Waals surface area contributed by atoms with Gasteiger partial charge in [0.05, 0.1) is 6.54 Å². The van der Waals surface area contributed by atoms with Gasteiger partial charge >= 0.3 is 0 Å². The first-order chi connectivity index (χ1) is 4.38. The summed E-state index contributed by atoms with van der Waals surface area (Å²) in [7, 11) is 0. The molecule has 0 saturated carbocycles. The van der Waals surface area contributed by atoms with E-state index in [-0.39, 0.29) is 5.76 Å². The average molecular weight is 125 g/mol. The third kappa shape index (κ3) is 0.549. The fourth-order valence-corrected chi connectivity index (χ4v) is 1.06. The van der Waals surface area contributed by atoms with Gasteiger partial charge in [-0.2, -0.15) is 5.48 Å². The predicted octanol–water partition coefficient (Wildman–Crippen LogP) is 0.621. The minimum atomic E-state index is 0.273. The van der Waals surface area contributed by atoms with Crippen LogP contribution in [0, 0.1) is 0 Å². The molecule has 2 aliphatic rings. The van der Waals surface area contributed by atoms with Gasteiger partial charge in [0.2, 0.25) is 0 Å². The van der Waals surface area contributed by atoms with Crippen LogP contribution in [-0.2, 0) is 4.84 Å². The molecule has 1 aliphatic carbocycles. The predicted molar refractivity (Wildman–Crippen MR) is 31.4 cm³/mol. The van der Waals surface area contributed by atoms with E-state index in [1.165, 1.54) is 0 Å². The summed E-state index contributed by atoms with van der Waals surface area (Å²) in [5.41, 5.74) is 3.83. The third-order valence-electron chi connectivity index (χ3n) is 1.56. The largest absolute Gasteiger partial charge is 0.504 e. The van der Waals surface area contributed by atoms with Crippen LogP contribution >= 0.6 is 0 Å². The van der Waals surface area contributed by atoms with Gasteiger partial charge in [-0.1, -0.05) is 0 Å². The first kappa shape index (κ1) is 4.88. The lowest BCUT2D eigenvalue weighted by molar-refractivity contribution is 0.130. The van der Waals surface area contributed by atoms with Crippen LogP contribution in [-0.4, -0.2) is 11.7 Å². The highest BCUT2D eigenvalue weighted by Gasteiger charge is 2.23. The number of nitrogens with one attached hydrogen (secondary N) is 1. The Morgan fingerprint density at radius 3 is 3.33 bits per heavy atom. The summed E-state index contributed by atoms with van der Waals surface area (Å²) in [5.74, 6) is 0.907. The summed E-state index contributed by atoms with van der Waals surface area (Å²) in [6.45, 7) is 0.746. The molecule has 1 aliphatic heterocycles. The molecule has 0 amide bonds. The van der Waals surface area contributed by atoms with Gasteiger partial charge in [-0.3, -0.25) is 0 Å². The van der Waals surface area contributed by atoms with Gasteiger partial charge in [-0.15, -0.1) is 0 Å². The molecule has 0 aromatic heterocycles. The van der Waals surface area contributed by atoms with Gasteiger partial charge in [-0.25, -0.2) is 0 Å². The molecule has 0 fully saturated rings. The van der Waals surface area contributed by atoms with Gasteiger partial charge < -0.3 is 9.94 Å². The SMILES string of the molecule is OC1=CCC2=C1ONC2. The van der Waals surface area contributed by atoms with Crippen molar-refractivity contribution in [3.63, 3.8) is 0 Å². The Morgan fingerprint density at radius 2 is 2.56 bits per heavy atom. The molecule has 0 spiro atoms. The molecule has 3 nitrogen and oxygen atoms in total. The normalized spacial score (nSPS) is 23.8. The molecule has 48 valence electrons. The molecule has 0 bridgehead atoms. The Labute approximate surface area is 52.6 Å². The van der Waals surface area contributed by atoms with E-state index in [4.69, 9.17) is 9.94 Å². The molecule has 0 aromatic rings. The van der Waals surface area contributed by atoms with E-state index in [1.54, 1.807) is 6.08 Å². The van der Waals surface area contributed by atoms with Gasteiger partial charge in [0.25, 0.3) is 0 Å². The van der Waals surface area contributed by atoms with E-state index in [0.717, 1.165) is 18.5 Å². The monoisotopic (exact) mass is 125 g/mol. The second-order valence-corrected chi connectivity index (χ2v) is 2.15.